The van der Waals surface area contributed by atoms with Crippen molar-refractivity contribution in [1.29, 1.82) is 0 Å². The molecule has 0 bridgehead atoms. The van der Waals surface area contributed by atoms with Crippen LogP contribution >= 0.6 is 0 Å². The summed E-state index contributed by atoms with van der Waals surface area (Å²) in [5, 5.41) is 0. The van der Waals surface area contributed by atoms with Crippen LogP contribution in [0, 0.1) is 5.92 Å². The Morgan fingerprint density at radius 1 is 1.38 bits per heavy atom. The van der Waals surface area contributed by atoms with Gasteiger partial charge < -0.3 is 15.4 Å². The topological polar surface area (TPSA) is 55.6 Å². The molecule has 0 atom stereocenters. The fourth-order valence-corrected chi connectivity index (χ4v) is 1.68. The van der Waals surface area contributed by atoms with Crippen LogP contribution in [0.3, 0.4) is 0 Å². The first-order valence-electron chi connectivity index (χ1n) is 5.45. The fraction of sp³-hybridized carbons (Fsp3) is 0.417. The molecule has 0 saturated carbocycles. The molecular weight excluding hydrogens is 204 g/mol. The second-order valence-electron chi connectivity index (χ2n) is 4.05. The highest BCUT2D eigenvalue weighted by molar-refractivity contribution is 5.68. The maximum Gasteiger partial charge on any atom is 0.410 e. The van der Waals surface area contributed by atoms with Crippen molar-refractivity contribution >= 4 is 6.09 Å². The van der Waals surface area contributed by atoms with Crippen molar-refractivity contribution in [2.45, 2.75) is 6.61 Å². The third-order valence-corrected chi connectivity index (χ3v) is 2.75. The van der Waals surface area contributed by atoms with E-state index in [1.54, 1.807) is 4.90 Å². The Hall–Kier alpha value is -1.55. The molecule has 0 aromatic heterocycles. The van der Waals surface area contributed by atoms with Gasteiger partial charge in [-0.15, -0.1) is 0 Å². The Kier molecular flexibility index (Phi) is 3.41. The van der Waals surface area contributed by atoms with Crippen LogP contribution in [-0.2, 0) is 11.3 Å². The predicted molar refractivity (Wildman–Crippen MR) is 60.7 cm³/mol. The molecule has 1 aromatic rings. The van der Waals surface area contributed by atoms with Gasteiger partial charge in [-0.25, -0.2) is 4.79 Å². The Balaban J connectivity index is 1.73. The lowest BCUT2D eigenvalue weighted by atomic mass is 10.0. The summed E-state index contributed by atoms with van der Waals surface area (Å²) < 4.78 is 5.17. The van der Waals surface area contributed by atoms with Crippen LogP contribution in [0.2, 0.25) is 0 Å². The molecule has 1 aliphatic rings. The van der Waals surface area contributed by atoms with Gasteiger partial charge in [0.15, 0.2) is 0 Å². The molecule has 0 aliphatic carbocycles. The first-order chi connectivity index (χ1) is 7.79. The van der Waals surface area contributed by atoms with Crippen LogP contribution in [0.5, 0.6) is 0 Å². The summed E-state index contributed by atoms with van der Waals surface area (Å²) in [4.78, 5) is 13.2. The lowest BCUT2D eigenvalue weighted by molar-refractivity contribution is 0.0518. The minimum absolute atomic E-state index is 0.242. The van der Waals surface area contributed by atoms with E-state index in [1.807, 2.05) is 30.3 Å². The Morgan fingerprint density at radius 3 is 2.69 bits per heavy atom. The Morgan fingerprint density at radius 2 is 2.06 bits per heavy atom. The summed E-state index contributed by atoms with van der Waals surface area (Å²) in [6, 6.07) is 9.67. The SMILES string of the molecule is NCC1CN(C(=O)OCc2ccccc2)C1. The molecule has 4 heteroatoms. The van der Waals surface area contributed by atoms with Gasteiger partial charge in [0.25, 0.3) is 0 Å². The largest absolute Gasteiger partial charge is 0.445 e. The Bertz CT molecular complexity index is 347. The van der Waals surface area contributed by atoms with Crippen molar-refractivity contribution in [2.24, 2.45) is 11.7 Å². The molecule has 1 saturated heterocycles. The average molecular weight is 220 g/mol. The lowest BCUT2D eigenvalue weighted by Crippen LogP contribution is -2.52. The third-order valence-electron chi connectivity index (χ3n) is 2.75. The van der Waals surface area contributed by atoms with E-state index in [0.717, 1.165) is 18.7 Å². The molecule has 0 spiro atoms. The molecule has 1 heterocycles. The minimum Gasteiger partial charge on any atom is -0.445 e. The molecule has 0 radical (unpaired) electrons. The van der Waals surface area contributed by atoms with Gasteiger partial charge in [0.05, 0.1) is 0 Å². The highest BCUT2D eigenvalue weighted by Crippen LogP contribution is 2.15. The highest BCUT2D eigenvalue weighted by Gasteiger charge is 2.30. The minimum atomic E-state index is -0.242. The maximum atomic E-state index is 11.5. The number of carbonyl (C=O) groups is 1. The number of nitrogens with two attached hydrogens (primary N) is 1. The first-order valence-corrected chi connectivity index (χ1v) is 5.45. The molecule has 4 nitrogen and oxygen atoms in total. The summed E-state index contributed by atoms with van der Waals surface area (Å²) in [6.07, 6.45) is -0.242. The summed E-state index contributed by atoms with van der Waals surface area (Å²) in [7, 11) is 0. The number of ether oxygens (including phenoxy) is 1. The molecule has 86 valence electrons. The normalized spacial score (nSPS) is 15.7. The van der Waals surface area contributed by atoms with Gasteiger partial charge in [0.2, 0.25) is 0 Å². The molecule has 1 aromatic carbocycles. The van der Waals surface area contributed by atoms with E-state index >= 15 is 0 Å². The Labute approximate surface area is 95.0 Å². The van der Waals surface area contributed by atoms with Gasteiger partial charge in [-0.2, -0.15) is 0 Å². The molecule has 2 rings (SSSR count). The molecular formula is C12H16N2O2. The second kappa shape index (κ2) is 4.99. The quantitative estimate of drug-likeness (QED) is 0.833. The zero-order chi connectivity index (χ0) is 11.4. The number of likely N-dealkylation sites (tertiary alicyclic amines) is 1. The van der Waals surface area contributed by atoms with Crippen LogP contribution in [-0.4, -0.2) is 30.6 Å². The van der Waals surface area contributed by atoms with Crippen LogP contribution in [0.4, 0.5) is 4.79 Å². The smallest absolute Gasteiger partial charge is 0.410 e. The molecule has 1 aliphatic heterocycles. The van der Waals surface area contributed by atoms with Crippen LogP contribution in [0.1, 0.15) is 5.56 Å². The van der Waals surface area contributed by atoms with Crippen molar-refractivity contribution in [1.82, 2.24) is 4.90 Å². The lowest BCUT2D eigenvalue weighted by Gasteiger charge is -2.37. The van der Waals surface area contributed by atoms with Crippen molar-refractivity contribution in [3.05, 3.63) is 35.9 Å². The average Bonchev–Trinajstić information content (AvgIpc) is 2.26. The molecule has 16 heavy (non-hydrogen) atoms. The van der Waals surface area contributed by atoms with Gasteiger partial charge >= 0.3 is 6.09 Å². The van der Waals surface area contributed by atoms with Crippen LogP contribution < -0.4 is 5.73 Å². The number of amides is 1. The fourth-order valence-electron chi connectivity index (χ4n) is 1.68. The van der Waals surface area contributed by atoms with Crippen LogP contribution in [0.15, 0.2) is 30.3 Å². The standard InChI is InChI=1S/C12H16N2O2/c13-6-11-7-14(8-11)12(15)16-9-10-4-2-1-3-5-10/h1-5,11H,6-9,13H2. The van der Waals surface area contributed by atoms with Crippen LogP contribution in [0.25, 0.3) is 0 Å². The summed E-state index contributed by atoms with van der Waals surface area (Å²) in [5.74, 6) is 0.448. The summed E-state index contributed by atoms with van der Waals surface area (Å²) >= 11 is 0. The second-order valence-corrected chi connectivity index (χ2v) is 4.05. The van der Waals surface area contributed by atoms with E-state index in [4.69, 9.17) is 10.5 Å². The van der Waals surface area contributed by atoms with E-state index < -0.39 is 0 Å². The van der Waals surface area contributed by atoms with E-state index in [1.165, 1.54) is 0 Å². The number of nitrogens with zero attached hydrogens (tertiary/aromatic N) is 1. The van der Waals surface area contributed by atoms with E-state index in [9.17, 15) is 4.79 Å². The van der Waals surface area contributed by atoms with Crippen molar-refractivity contribution in [3.63, 3.8) is 0 Å². The highest BCUT2D eigenvalue weighted by atomic mass is 16.6. The first kappa shape index (κ1) is 11.0. The number of carbonyl (C=O) groups excluding carboxylic acids is 1. The summed E-state index contributed by atoms with van der Waals surface area (Å²) in [6.45, 7) is 2.43. The number of rotatable bonds is 3. The number of benzene rings is 1. The summed E-state index contributed by atoms with van der Waals surface area (Å²) in [5.41, 5.74) is 6.49. The van der Waals surface area contributed by atoms with Gasteiger partial charge in [0.1, 0.15) is 6.61 Å². The van der Waals surface area contributed by atoms with Gasteiger partial charge in [-0.3, -0.25) is 0 Å². The van der Waals surface area contributed by atoms with E-state index in [2.05, 4.69) is 0 Å². The van der Waals surface area contributed by atoms with Crippen molar-refractivity contribution in [2.75, 3.05) is 19.6 Å². The zero-order valence-electron chi connectivity index (χ0n) is 9.13. The molecule has 0 unspecified atom stereocenters. The van der Waals surface area contributed by atoms with Crippen molar-refractivity contribution in [3.8, 4) is 0 Å². The molecule has 1 amide bonds. The van der Waals surface area contributed by atoms with Gasteiger partial charge in [0, 0.05) is 19.0 Å². The predicted octanol–water partition coefficient (Wildman–Crippen LogP) is 1.21. The number of hydrogen-bond donors (Lipinski definition) is 1. The van der Waals surface area contributed by atoms with Gasteiger partial charge in [-0.1, -0.05) is 30.3 Å². The zero-order valence-corrected chi connectivity index (χ0v) is 9.13. The monoisotopic (exact) mass is 220 g/mol. The maximum absolute atomic E-state index is 11.5. The van der Waals surface area contributed by atoms with Gasteiger partial charge in [-0.05, 0) is 12.1 Å². The van der Waals surface area contributed by atoms with E-state index in [-0.39, 0.29) is 6.09 Å². The van der Waals surface area contributed by atoms with Crippen molar-refractivity contribution < 1.29 is 9.53 Å². The molecule has 2 N–H and O–H groups in total. The number of hydrogen-bond acceptors (Lipinski definition) is 3. The third kappa shape index (κ3) is 2.52. The molecule has 1 fully saturated rings. The van der Waals surface area contributed by atoms with E-state index in [0.29, 0.717) is 19.1 Å².